The lowest BCUT2D eigenvalue weighted by Gasteiger charge is -2.35. The summed E-state index contributed by atoms with van der Waals surface area (Å²) in [4.78, 5) is 45.1. The van der Waals surface area contributed by atoms with Crippen molar-refractivity contribution in [1.82, 2.24) is 19.6 Å². The molecule has 0 N–H and O–H groups in total. The Morgan fingerprint density at radius 2 is 1.72 bits per heavy atom. The minimum atomic E-state index is -0.368. The van der Waals surface area contributed by atoms with E-state index in [0.717, 1.165) is 16.1 Å². The predicted octanol–water partition coefficient (Wildman–Crippen LogP) is 4.23. The molecule has 11 heteroatoms. The number of anilines is 1. The molecular formula is C28H32FN5O3S2. The fraction of sp³-hybridized carbons (Fsp3) is 0.429. The number of carbonyl (C=O) groups is 3. The minimum absolute atomic E-state index is 0.0102. The maximum Gasteiger partial charge on any atom is 0.242 e. The van der Waals surface area contributed by atoms with Crippen molar-refractivity contribution in [2.75, 3.05) is 43.4 Å². The maximum atomic E-state index is 13.9. The van der Waals surface area contributed by atoms with Gasteiger partial charge in [-0.15, -0.1) is 23.1 Å². The van der Waals surface area contributed by atoms with Gasteiger partial charge in [0.1, 0.15) is 18.2 Å². The number of amides is 3. The van der Waals surface area contributed by atoms with Crippen LogP contribution in [-0.2, 0) is 19.8 Å². The van der Waals surface area contributed by atoms with E-state index < -0.39 is 0 Å². The average Bonchev–Trinajstić information content (AvgIpc) is 3.54. The number of rotatable bonds is 4. The summed E-state index contributed by atoms with van der Waals surface area (Å²) in [5.41, 5.74) is 1.98. The fourth-order valence-electron chi connectivity index (χ4n) is 5.01. The number of carbonyl (C=O) groups excluding carboxylic acids is 3. The molecule has 0 saturated carbocycles. The number of aromatic nitrogens is 2. The molecule has 1 atom stereocenters. The molecule has 206 valence electrons. The van der Waals surface area contributed by atoms with Crippen LogP contribution in [0.5, 0.6) is 0 Å². The van der Waals surface area contributed by atoms with Gasteiger partial charge in [-0.2, -0.15) is 5.10 Å². The molecule has 1 fully saturated rings. The van der Waals surface area contributed by atoms with Crippen LogP contribution in [0.25, 0.3) is 5.69 Å². The van der Waals surface area contributed by atoms with Crippen LogP contribution in [0.4, 0.5) is 10.2 Å². The molecule has 4 heterocycles. The van der Waals surface area contributed by atoms with Gasteiger partial charge in [0.2, 0.25) is 17.7 Å². The first kappa shape index (κ1) is 27.4. The van der Waals surface area contributed by atoms with Gasteiger partial charge >= 0.3 is 0 Å². The maximum absolute atomic E-state index is 13.9. The number of fused-ring (bicyclic) bond motifs is 1. The normalized spacial score (nSPS) is 18.2. The van der Waals surface area contributed by atoms with E-state index in [1.165, 1.54) is 19.1 Å². The molecule has 0 radical (unpaired) electrons. The van der Waals surface area contributed by atoms with Crippen LogP contribution >= 0.6 is 23.1 Å². The van der Waals surface area contributed by atoms with Crippen LogP contribution in [0.3, 0.4) is 0 Å². The summed E-state index contributed by atoms with van der Waals surface area (Å²) in [5, 5.41) is 6.89. The van der Waals surface area contributed by atoms with Crippen LogP contribution in [0.1, 0.15) is 49.1 Å². The van der Waals surface area contributed by atoms with Crippen molar-refractivity contribution in [1.29, 1.82) is 0 Å². The second-order valence-electron chi connectivity index (χ2n) is 10.8. The summed E-state index contributed by atoms with van der Waals surface area (Å²) in [6.07, 6.45) is 0. The lowest BCUT2D eigenvalue weighted by Crippen LogP contribution is -2.53. The molecule has 8 nitrogen and oxygen atoms in total. The molecule has 1 saturated heterocycles. The summed E-state index contributed by atoms with van der Waals surface area (Å²) in [6.45, 7) is 9.41. The van der Waals surface area contributed by atoms with Crippen molar-refractivity contribution in [3.8, 4) is 5.69 Å². The molecule has 2 aromatic heterocycles. The molecule has 3 aromatic rings. The first-order chi connectivity index (χ1) is 18.5. The zero-order valence-electron chi connectivity index (χ0n) is 22.5. The number of piperazine rings is 1. The van der Waals surface area contributed by atoms with E-state index in [-0.39, 0.29) is 46.5 Å². The Labute approximate surface area is 235 Å². The molecule has 2 aliphatic heterocycles. The molecular weight excluding hydrogens is 537 g/mol. The number of thiophene rings is 1. The Bertz CT molecular complexity index is 1370. The van der Waals surface area contributed by atoms with Gasteiger partial charge in [0.15, 0.2) is 0 Å². The van der Waals surface area contributed by atoms with E-state index in [9.17, 15) is 18.8 Å². The van der Waals surface area contributed by atoms with Crippen molar-refractivity contribution in [2.45, 2.75) is 38.4 Å². The van der Waals surface area contributed by atoms with E-state index in [1.54, 1.807) is 54.6 Å². The molecule has 3 amide bonds. The zero-order valence-corrected chi connectivity index (χ0v) is 24.1. The highest BCUT2D eigenvalue weighted by Crippen LogP contribution is 2.49. The van der Waals surface area contributed by atoms with Crippen LogP contribution in [0, 0.1) is 5.82 Å². The van der Waals surface area contributed by atoms with Crippen molar-refractivity contribution >= 4 is 46.6 Å². The number of thioether (sulfide) groups is 1. The number of hydrogen-bond donors (Lipinski definition) is 0. The van der Waals surface area contributed by atoms with Crippen LogP contribution < -0.4 is 4.90 Å². The second kappa shape index (κ2) is 10.8. The smallest absolute Gasteiger partial charge is 0.242 e. The summed E-state index contributed by atoms with van der Waals surface area (Å²) in [7, 11) is 0. The van der Waals surface area contributed by atoms with Gasteiger partial charge in [-0.1, -0.05) is 26.8 Å². The van der Waals surface area contributed by atoms with Crippen molar-refractivity contribution in [2.24, 2.45) is 0 Å². The van der Waals surface area contributed by atoms with Crippen molar-refractivity contribution < 1.29 is 18.8 Å². The Kier molecular flexibility index (Phi) is 7.56. The van der Waals surface area contributed by atoms with Gasteiger partial charge in [-0.05, 0) is 35.7 Å². The topological polar surface area (TPSA) is 78.8 Å². The summed E-state index contributed by atoms with van der Waals surface area (Å²) >= 11 is 3.17. The van der Waals surface area contributed by atoms with Crippen LogP contribution in [0.15, 0.2) is 41.8 Å². The van der Waals surface area contributed by atoms with Gasteiger partial charge in [-0.3, -0.25) is 19.3 Å². The van der Waals surface area contributed by atoms with Crippen molar-refractivity contribution in [3.05, 3.63) is 63.7 Å². The molecule has 0 aliphatic carbocycles. The second-order valence-corrected chi connectivity index (χ2v) is 12.9. The molecule has 2 aliphatic rings. The number of benzene rings is 1. The lowest BCUT2D eigenvalue weighted by atomic mass is 9.88. The highest BCUT2D eigenvalue weighted by molar-refractivity contribution is 8.00. The summed E-state index contributed by atoms with van der Waals surface area (Å²) in [6, 6.07) is 10.1. The Balaban J connectivity index is 1.62. The van der Waals surface area contributed by atoms with Crippen LogP contribution in [-0.4, -0.2) is 75.8 Å². The fourth-order valence-corrected chi connectivity index (χ4v) is 7.18. The van der Waals surface area contributed by atoms with Crippen molar-refractivity contribution in [3.63, 3.8) is 0 Å². The van der Waals surface area contributed by atoms with Gasteiger partial charge in [0.05, 0.1) is 22.4 Å². The number of nitrogens with zero attached hydrogens (tertiary/aromatic N) is 5. The SMILES string of the molecule is CC(=O)N1CCN(C(=O)CN2C(=O)CSC(c3cccs3)c3c(C(C)(C)C)nn(-c4ccc(F)cc4)c32)CC1. The molecule has 0 bridgehead atoms. The molecule has 1 aromatic carbocycles. The van der Waals surface area contributed by atoms with E-state index in [0.29, 0.717) is 37.7 Å². The van der Waals surface area contributed by atoms with Gasteiger partial charge < -0.3 is 9.80 Å². The van der Waals surface area contributed by atoms with E-state index in [2.05, 4.69) is 26.8 Å². The van der Waals surface area contributed by atoms with E-state index in [1.807, 2.05) is 11.4 Å². The monoisotopic (exact) mass is 569 g/mol. The summed E-state index contributed by atoms with van der Waals surface area (Å²) in [5.74, 6) is 0.0174. The largest absolute Gasteiger partial charge is 0.339 e. The molecule has 0 spiro atoms. The first-order valence-corrected chi connectivity index (χ1v) is 14.9. The zero-order chi connectivity index (χ0) is 27.9. The molecule has 1 unspecified atom stereocenters. The minimum Gasteiger partial charge on any atom is -0.339 e. The average molecular weight is 570 g/mol. The molecule has 5 rings (SSSR count). The van der Waals surface area contributed by atoms with Gasteiger partial charge in [0, 0.05) is 49.0 Å². The van der Waals surface area contributed by atoms with Gasteiger partial charge in [-0.25, -0.2) is 9.07 Å². The molecule has 39 heavy (non-hydrogen) atoms. The van der Waals surface area contributed by atoms with Crippen LogP contribution in [0.2, 0.25) is 0 Å². The Morgan fingerprint density at radius 3 is 2.31 bits per heavy atom. The Morgan fingerprint density at radius 1 is 1.05 bits per heavy atom. The van der Waals surface area contributed by atoms with E-state index >= 15 is 0 Å². The first-order valence-electron chi connectivity index (χ1n) is 12.9. The highest BCUT2D eigenvalue weighted by Gasteiger charge is 2.40. The third-order valence-corrected chi connectivity index (χ3v) is 9.37. The lowest BCUT2D eigenvalue weighted by molar-refractivity contribution is -0.137. The highest BCUT2D eigenvalue weighted by atomic mass is 32.2. The third kappa shape index (κ3) is 5.47. The number of halogens is 1. The standard InChI is InChI=1S/C28H32FN5O3S2/c1-18(35)31-11-13-32(14-12-31)22(36)16-33-23(37)17-39-25(21-6-5-15-38-21)24-26(28(2,3)4)30-34(27(24)33)20-9-7-19(29)8-10-20/h5-10,15,25H,11-14,16-17H2,1-4H3. The quantitative estimate of drug-likeness (QED) is 0.470. The predicted molar refractivity (Wildman–Crippen MR) is 152 cm³/mol. The van der Waals surface area contributed by atoms with Gasteiger partial charge in [0.25, 0.3) is 0 Å². The number of hydrogen-bond acceptors (Lipinski definition) is 6. The Hall–Kier alpha value is -3.18. The van der Waals surface area contributed by atoms with E-state index in [4.69, 9.17) is 5.10 Å². The third-order valence-electron chi connectivity index (χ3n) is 7.04. The summed E-state index contributed by atoms with van der Waals surface area (Å²) < 4.78 is 15.6.